The molecule has 27 heavy (non-hydrogen) atoms. The number of aromatic nitrogens is 2. The van der Waals surface area contributed by atoms with E-state index >= 15 is 0 Å². The van der Waals surface area contributed by atoms with E-state index < -0.39 is 0 Å². The lowest BCUT2D eigenvalue weighted by molar-refractivity contribution is -0.152. The molecule has 1 unspecified atom stereocenters. The average molecular weight is 377 g/mol. The molecule has 0 bridgehead atoms. The molecule has 1 aliphatic carbocycles. The van der Waals surface area contributed by atoms with Crippen LogP contribution in [0, 0.1) is 11.8 Å². The fourth-order valence-corrected chi connectivity index (χ4v) is 4.61. The first-order valence-electron chi connectivity index (χ1n) is 10.4. The van der Waals surface area contributed by atoms with Crippen LogP contribution in [0.3, 0.4) is 0 Å². The lowest BCUT2D eigenvalue weighted by atomic mass is 9.77. The highest BCUT2D eigenvalue weighted by Gasteiger charge is 2.42. The molecule has 1 aromatic rings. The van der Waals surface area contributed by atoms with Crippen LogP contribution in [0.5, 0.6) is 0 Å². The van der Waals surface area contributed by atoms with Crippen molar-refractivity contribution in [2.45, 2.75) is 63.4 Å². The summed E-state index contributed by atoms with van der Waals surface area (Å²) in [7, 11) is 1.67. The van der Waals surface area contributed by atoms with Crippen LogP contribution in [-0.4, -0.2) is 60.0 Å². The van der Waals surface area contributed by atoms with Gasteiger partial charge >= 0.3 is 0 Å². The first-order chi connectivity index (χ1) is 13.2. The van der Waals surface area contributed by atoms with Crippen LogP contribution in [0.15, 0.2) is 4.52 Å². The predicted molar refractivity (Wildman–Crippen MR) is 98.1 cm³/mol. The summed E-state index contributed by atoms with van der Waals surface area (Å²) in [6, 6.07) is 0. The van der Waals surface area contributed by atoms with Crippen LogP contribution in [0.2, 0.25) is 0 Å². The van der Waals surface area contributed by atoms with Crippen LogP contribution in [-0.2, 0) is 27.1 Å². The number of likely N-dealkylation sites (tertiary alicyclic amines) is 1. The van der Waals surface area contributed by atoms with E-state index in [-0.39, 0.29) is 5.60 Å². The van der Waals surface area contributed by atoms with Gasteiger partial charge < -0.3 is 18.9 Å². The third-order valence-corrected chi connectivity index (χ3v) is 6.54. The predicted octanol–water partition coefficient (Wildman–Crippen LogP) is 2.39. The van der Waals surface area contributed by atoms with E-state index in [1.54, 1.807) is 7.11 Å². The van der Waals surface area contributed by atoms with Gasteiger partial charge in [0, 0.05) is 45.6 Å². The van der Waals surface area contributed by atoms with E-state index in [2.05, 4.69) is 15.0 Å². The first kappa shape index (κ1) is 18.9. The van der Waals surface area contributed by atoms with E-state index in [1.165, 1.54) is 6.42 Å². The molecule has 0 N–H and O–H groups in total. The van der Waals surface area contributed by atoms with Crippen molar-refractivity contribution < 1.29 is 18.8 Å². The summed E-state index contributed by atoms with van der Waals surface area (Å²) in [6.07, 6.45) is 8.82. The lowest BCUT2D eigenvalue weighted by Gasteiger charge is -2.47. The molecule has 1 amide bonds. The van der Waals surface area contributed by atoms with Crippen molar-refractivity contribution in [2.75, 3.05) is 33.4 Å². The van der Waals surface area contributed by atoms with Gasteiger partial charge in [0.1, 0.15) is 0 Å². The van der Waals surface area contributed by atoms with Gasteiger partial charge in [-0.3, -0.25) is 4.79 Å². The Balaban J connectivity index is 1.29. The monoisotopic (exact) mass is 377 g/mol. The molecule has 2 saturated heterocycles. The third-order valence-electron chi connectivity index (χ3n) is 6.54. The van der Waals surface area contributed by atoms with Crippen molar-refractivity contribution in [3.63, 3.8) is 0 Å². The van der Waals surface area contributed by atoms with Crippen molar-refractivity contribution in [3.05, 3.63) is 11.7 Å². The van der Waals surface area contributed by atoms with Crippen LogP contribution in [0.25, 0.3) is 0 Å². The van der Waals surface area contributed by atoms with Gasteiger partial charge in [0.25, 0.3) is 0 Å². The fraction of sp³-hybridized carbons (Fsp3) is 0.850. The number of rotatable bonds is 6. The van der Waals surface area contributed by atoms with Gasteiger partial charge in [-0.25, -0.2) is 0 Å². The topological polar surface area (TPSA) is 77.7 Å². The van der Waals surface area contributed by atoms with E-state index in [1.807, 2.05) is 0 Å². The Morgan fingerprint density at radius 1 is 1.30 bits per heavy atom. The van der Waals surface area contributed by atoms with Gasteiger partial charge in [-0.1, -0.05) is 11.6 Å². The Morgan fingerprint density at radius 3 is 2.81 bits per heavy atom. The van der Waals surface area contributed by atoms with E-state index in [9.17, 15) is 4.79 Å². The minimum absolute atomic E-state index is 0.0712. The van der Waals surface area contributed by atoms with Gasteiger partial charge in [-0.05, 0) is 44.4 Å². The third kappa shape index (κ3) is 4.35. The maximum atomic E-state index is 12.5. The second-order valence-corrected chi connectivity index (χ2v) is 8.39. The summed E-state index contributed by atoms with van der Waals surface area (Å²) >= 11 is 0. The number of ether oxygens (including phenoxy) is 2. The minimum Gasteiger partial charge on any atom is -0.384 e. The maximum absolute atomic E-state index is 12.5. The SMILES string of the molecule is COCCc1noc(CC2CCOC3(CCN(C(=O)C4CCC4)CC3)C2)n1. The molecule has 3 heterocycles. The number of amides is 1. The summed E-state index contributed by atoms with van der Waals surface area (Å²) in [6.45, 7) is 3.06. The summed E-state index contributed by atoms with van der Waals surface area (Å²) < 4.78 is 16.7. The summed E-state index contributed by atoms with van der Waals surface area (Å²) in [5, 5.41) is 4.04. The molecule has 7 heteroatoms. The quantitative estimate of drug-likeness (QED) is 0.757. The maximum Gasteiger partial charge on any atom is 0.226 e. The highest BCUT2D eigenvalue weighted by Crippen LogP contribution is 2.39. The molecule has 1 spiro atoms. The number of piperidine rings is 1. The molecule has 4 rings (SSSR count). The van der Waals surface area contributed by atoms with E-state index in [0.717, 1.165) is 76.4 Å². The number of methoxy groups -OCH3 is 1. The smallest absolute Gasteiger partial charge is 0.226 e. The number of carbonyl (C=O) groups is 1. The molecule has 1 atom stereocenters. The second kappa shape index (κ2) is 8.27. The number of hydrogen-bond acceptors (Lipinski definition) is 6. The molecule has 7 nitrogen and oxygen atoms in total. The summed E-state index contributed by atoms with van der Waals surface area (Å²) in [4.78, 5) is 19.0. The molecule has 0 aromatic carbocycles. The first-order valence-corrected chi connectivity index (χ1v) is 10.4. The zero-order valence-electron chi connectivity index (χ0n) is 16.3. The molecule has 150 valence electrons. The number of hydrogen-bond donors (Lipinski definition) is 0. The van der Waals surface area contributed by atoms with Crippen molar-refractivity contribution in [1.29, 1.82) is 0 Å². The fourth-order valence-electron chi connectivity index (χ4n) is 4.61. The van der Waals surface area contributed by atoms with Crippen LogP contribution >= 0.6 is 0 Å². The molecular weight excluding hydrogens is 346 g/mol. The molecule has 0 radical (unpaired) electrons. The molecule has 1 saturated carbocycles. The number of nitrogens with zero attached hydrogens (tertiary/aromatic N) is 3. The van der Waals surface area contributed by atoms with Crippen molar-refractivity contribution >= 4 is 5.91 Å². The summed E-state index contributed by atoms with van der Waals surface area (Å²) in [5.74, 6) is 2.61. The Kier molecular flexibility index (Phi) is 5.78. The van der Waals surface area contributed by atoms with Crippen molar-refractivity contribution in [2.24, 2.45) is 11.8 Å². The molecule has 1 aromatic heterocycles. The molecule has 3 fully saturated rings. The van der Waals surface area contributed by atoms with Crippen molar-refractivity contribution in [3.8, 4) is 0 Å². The number of carbonyl (C=O) groups excluding carboxylic acids is 1. The second-order valence-electron chi connectivity index (χ2n) is 8.39. The van der Waals surface area contributed by atoms with Gasteiger partial charge in [-0.2, -0.15) is 4.98 Å². The Morgan fingerprint density at radius 2 is 2.11 bits per heavy atom. The largest absolute Gasteiger partial charge is 0.384 e. The highest BCUT2D eigenvalue weighted by atomic mass is 16.5. The van der Waals surface area contributed by atoms with Crippen molar-refractivity contribution in [1.82, 2.24) is 15.0 Å². The lowest BCUT2D eigenvalue weighted by Crippen LogP contribution is -2.52. The zero-order valence-corrected chi connectivity index (χ0v) is 16.3. The standard InChI is InChI=1S/C20H31N3O4/c1-25-11-6-17-21-18(27-22-17)13-15-5-12-26-20(14-15)7-9-23(10-8-20)19(24)16-3-2-4-16/h15-16H,2-14H2,1H3. The van der Waals surface area contributed by atoms with Gasteiger partial charge in [0.15, 0.2) is 5.82 Å². The Hall–Kier alpha value is -1.47. The van der Waals surface area contributed by atoms with Gasteiger partial charge in [0.05, 0.1) is 12.2 Å². The average Bonchev–Trinajstić information content (AvgIpc) is 3.06. The highest BCUT2D eigenvalue weighted by molar-refractivity contribution is 5.79. The van der Waals surface area contributed by atoms with Crippen LogP contribution < -0.4 is 0 Å². The molecule has 2 aliphatic heterocycles. The normalized spacial score (nSPS) is 25.5. The summed E-state index contributed by atoms with van der Waals surface area (Å²) in [5.41, 5.74) is -0.0712. The van der Waals surface area contributed by atoms with Crippen LogP contribution in [0.4, 0.5) is 0 Å². The van der Waals surface area contributed by atoms with Crippen LogP contribution in [0.1, 0.15) is 56.7 Å². The Bertz CT molecular complexity index is 635. The Labute approximate surface area is 160 Å². The van der Waals surface area contributed by atoms with E-state index in [4.69, 9.17) is 14.0 Å². The molecular formula is C20H31N3O4. The zero-order chi connectivity index (χ0) is 18.7. The minimum atomic E-state index is -0.0712. The molecule has 3 aliphatic rings. The van der Waals surface area contributed by atoms with Gasteiger partial charge in [-0.15, -0.1) is 0 Å². The van der Waals surface area contributed by atoms with E-state index in [0.29, 0.717) is 30.8 Å². The van der Waals surface area contributed by atoms with Gasteiger partial charge in [0.2, 0.25) is 11.8 Å².